The number of aryl methyl sites for hydroxylation is 1. The lowest BCUT2D eigenvalue weighted by Crippen LogP contribution is -1.91. The summed E-state index contributed by atoms with van der Waals surface area (Å²) in [4.78, 5) is 0. The third-order valence-corrected chi connectivity index (χ3v) is 3.93. The molecule has 0 heterocycles. The summed E-state index contributed by atoms with van der Waals surface area (Å²) in [5, 5.41) is 9.52. The van der Waals surface area contributed by atoms with Gasteiger partial charge in [0.25, 0.3) is 0 Å². The molecule has 0 fully saturated rings. The minimum absolute atomic E-state index is 0.676. The fourth-order valence-electron chi connectivity index (χ4n) is 2.57. The van der Waals surface area contributed by atoms with Gasteiger partial charge in [0.05, 0.1) is 18.8 Å². The topological polar surface area (TPSA) is 33.0 Å². The molecular weight excluding hydrogens is 282 g/mol. The molecule has 0 aliphatic rings. The van der Waals surface area contributed by atoms with Gasteiger partial charge in [-0.15, -0.1) is 0 Å². The molecule has 0 aliphatic carbocycles. The van der Waals surface area contributed by atoms with Crippen LogP contribution in [0.3, 0.4) is 0 Å². The van der Waals surface area contributed by atoms with Crippen molar-refractivity contribution in [3.63, 3.8) is 0 Å². The lowest BCUT2D eigenvalue weighted by atomic mass is 9.97. The van der Waals surface area contributed by atoms with E-state index < -0.39 is 0 Å². The Morgan fingerprint density at radius 1 is 1.09 bits per heavy atom. The van der Waals surface area contributed by atoms with Crippen LogP contribution in [0.2, 0.25) is 0 Å². The summed E-state index contributed by atoms with van der Waals surface area (Å²) in [5.74, 6) is 0.797. The predicted octanol–water partition coefficient (Wildman–Crippen LogP) is 5.49. The van der Waals surface area contributed by atoms with Crippen LogP contribution in [0.5, 0.6) is 5.75 Å². The van der Waals surface area contributed by atoms with E-state index in [0.29, 0.717) is 5.57 Å². The average Bonchev–Trinajstić information content (AvgIpc) is 2.61. The van der Waals surface area contributed by atoms with Gasteiger partial charge in [0.2, 0.25) is 0 Å². The van der Waals surface area contributed by atoms with Gasteiger partial charge in [-0.05, 0) is 59.9 Å². The lowest BCUT2D eigenvalue weighted by Gasteiger charge is -2.07. The largest absolute Gasteiger partial charge is 0.497 e. The van der Waals surface area contributed by atoms with E-state index in [-0.39, 0.29) is 0 Å². The molecule has 23 heavy (non-hydrogen) atoms. The fourth-order valence-corrected chi connectivity index (χ4v) is 2.57. The molecule has 0 spiro atoms. The second kappa shape index (κ2) is 8.80. The number of nitrogens with zero attached hydrogens (tertiary/aromatic N) is 1. The maximum Gasteiger partial charge on any atom is 0.118 e. The highest BCUT2D eigenvalue weighted by molar-refractivity contribution is 5.90. The number of benzene rings is 2. The third-order valence-electron chi connectivity index (χ3n) is 3.93. The molecule has 0 aliphatic heterocycles. The highest BCUT2D eigenvalue weighted by Crippen LogP contribution is 2.23. The van der Waals surface area contributed by atoms with E-state index >= 15 is 0 Å². The molecule has 0 saturated heterocycles. The van der Waals surface area contributed by atoms with Crippen molar-refractivity contribution in [2.45, 2.75) is 32.6 Å². The van der Waals surface area contributed by atoms with Gasteiger partial charge in [0.15, 0.2) is 0 Å². The van der Waals surface area contributed by atoms with E-state index in [1.165, 1.54) is 24.8 Å². The number of ether oxygens (including phenoxy) is 1. The molecule has 0 bridgehead atoms. The summed E-state index contributed by atoms with van der Waals surface area (Å²) < 4.78 is 5.17. The molecule has 0 atom stereocenters. The van der Waals surface area contributed by atoms with Crippen molar-refractivity contribution in [3.8, 4) is 11.8 Å². The molecule has 0 saturated carbocycles. The number of unbranched alkanes of at least 4 members (excludes halogenated alkanes) is 2. The zero-order valence-corrected chi connectivity index (χ0v) is 13.9. The fraction of sp³-hybridized carbons (Fsp3) is 0.286. The number of hydrogen-bond donors (Lipinski definition) is 0. The van der Waals surface area contributed by atoms with Crippen LogP contribution in [0, 0.1) is 11.3 Å². The minimum atomic E-state index is 0.676. The van der Waals surface area contributed by atoms with E-state index in [9.17, 15) is 5.26 Å². The Kier molecular flexibility index (Phi) is 6.44. The summed E-state index contributed by atoms with van der Waals surface area (Å²) in [6.45, 7) is 2.21. The summed E-state index contributed by atoms with van der Waals surface area (Å²) >= 11 is 0. The maximum absolute atomic E-state index is 9.52. The van der Waals surface area contributed by atoms with Gasteiger partial charge in [-0.1, -0.05) is 44.0 Å². The van der Waals surface area contributed by atoms with Gasteiger partial charge in [-0.25, -0.2) is 0 Å². The first-order chi connectivity index (χ1) is 11.3. The molecule has 0 aromatic heterocycles. The Morgan fingerprint density at radius 2 is 1.83 bits per heavy atom. The van der Waals surface area contributed by atoms with Crippen molar-refractivity contribution >= 4 is 11.6 Å². The second-order valence-corrected chi connectivity index (χ2v) is 5.55. The van der Waals surface area contributed by atoms with E-state index in [1.54, 1.807) is 7.11 Å². The average molecular weight is 305 g/mol. The highest BCUT2D eigenvalue weighted by Gasteiger charge is 2.05. The monoisotopic (exact) mass is 305 g/mol. The highest BCUT2D eigenvalue weighted by atomic mass is 16.5. The van der Waals surface area contributed by atoms with Gasteiger partial charge in [-0.2, -0.15) is 5.26 Å². The van der Waals surface area contributed by atoms with Crippen molar-refractivity contribution in [2.75, 3.05) is 7.11 Å². The Morgan fingerprint density at radius 3 is 2.48 bits per heavy atom. The van der Waals surface area contributed by atoms with Crippen LogP contribution in [0.1, 0.15) is 42.9 Å². The Bertz CT molecular complexity index is 693. The summed E-state index contributed by atoms with van der Waals surface area (Å²) in [6, 6.07) is 18.3. The standard InChI is InChI=1S/C21H23NO/c1-3-4-5-8-17-9-6-7-10-19(17)15-20(16-22)18-11-13-21(23-2)14-12-18/h6-7,9-15H,3-5,8H2,1-2H3. The smallest absolute Gasteiger partial charge is 0.118 e. The van der Waals surface area contributed by atoms with E-state index in [0.717, 1.165) is 23.3 Å². The number of methoxy groups -OCH3 is 1. The third kappa shape index (κ3) is 4.72. The molecule has 2 nitrogen and oxygen atoms in total. The number of nitriles is 1. The lowest BCUT2D eigenvalue weighted by molar-refractivity contribution is 0.415. The quantitative estimate of drug-likeness (QED) is 0.385. The van der Waals surface area contributed by atoms with E-state index in [4.69, 9.17) is 4.74 Å². The summed E-state index contributed by atoms with van der Waals surface area (Å²) in [6.07, 6.45) is 6.69. The Hall–Kier alpha value is -2.53. The van der Waals surface area contributed by atoms with Crippen LogP contribution >= 0.6 is 0 Å². The normalized spacial score (nSPS) is 11.1. The SMILES string of the molecule is CCCCCc1ccccc1C=C(C#N)c1ccc(OC)cc1. The number of hydrogen-bond acceptors (Lipinski definition) is 2. The molecule has 2 heteroatoms. The summed E-state index contributed by atoms with van der Waals surface area (Å²) in [7, 11) is 1.64. The first kappa shape index (κ1) is 16.8. The van der Waals surface area contributed by atoms with Crippen molar-refractivity contribution in [1.29, 1.82) is 5.26 Å². The van der Waals surface area contributed by atoms with Crippen molar-refractivity contribution in [2.24, 2.45) is 0 Å². The summed E-state index contributed by atoms with van der Waals surface area (Å²) in [5.41, 5.74) is 4.03. The van der Waals surface area contributed by atoms with Crippen LogP contribution in [-0.2, 0) is 6.42 Å². The molecule has 2 aromatic carbocycles. The van der Waals surface area contributed by atoms with Crippen LogP contribution in [0.4, 0.5) is 0 Å². The Balaban J connectivity index is 2.28. The van der Waals surface area contributed by atoms with Crippen molar-refractivity contribution < 1.29 is 4.74 Å². The number of rotatable bonds is 7. The number of allylic oxidation sites excluding steroid dienone is 1. The van der Waals surface area contributed by atoms with Gasteiger partial charge >= 0.3 is 0 Å². The van der Waals surface area contributed by atoms with Gasteiger partial charge < -0.3 is 4.74 Å². The molecular formula is C21H23NO. The van der Waals surface area contributed by atoms with Crippen LogP contribution < -0.4 is 4.74 Å². The predicted molar refractivity (Wildman–Crippen MR) is 96.1 cm³/mol. The van der Waals surface area contributed by atoms with Crippen LogP contribution in [-0.4, -0.2) is 7.11 Å². The van der Waals surface area contributed by atoms with E-state index in [2.05, 4.69) is 31.2 Å². The molecule has 118 valence electrons. The zero-order chi connectivity index (χ0) is 16.5. The van der Waals surface area contributed by atoms with Gasteiger partial charge in [0, 0.05) is 0 Å². The first-order valence-electron chi connectivity index (χ1n) is 8.12. The Labute approximate surface area is 139 Å². The molecule has 0 amide bonds. The maximum atomic E-state index is 9.52. The molecule has 2 rings (SSSR count). The van der Waals surface area contributed by atoms with E-state index in [1.807, 2.05) is 36.4 Å². The van der Waals surface area contributed by atoms with Gasteiger partial charge in [-0.3, -0.25) is 0 Å². The molecule has 0 unspecified atom stereocenters. The molecule has 0 N–H and O–H groups in total. The van der Waals surface area contributed by atoms with Crippen molar-refractivity contribution in [1.82, 2.24) is 0 Å². The molecule has 0 radical (unpaired) electrons. The first-order valence-corrected chi connectivity index (χ1v) is 8.12. The minimum Gasteiger partial charge on any atom is -0.497 e. The van der Waals surface area contributed by atoms with Crippen LogP contribution in [0.25, 0.3) is 11.6 Å². The van der Waals surface area contributed by atoms with Crippen molar-refractivity contribution in [3.05, 3.63) is 65.2 Å². The molecule has 2 aromatic rings. The van der Waals surface area contributed by atoms with Crippen LogP contribution in [0.15, 0.2) is 48.5 Å². The zero-order valence-electron chi connectivity index (χ0n) is 13.9. The second-order valence-electron chi connectivity index (χ2n) is 5.55. The van der Waals surface area contributed by atoms with Gasteiger partial charge in [0.1, 0.15) is 5.75 Å².